The first-order valence-corrected chi connectivity index (χ1v) is 7.61. The van der Waals surface area contributed by atoms with Crippen molar-refractivity contribution in [2.24, 2.45) is 5.73 Å². The van der Waals surface area contributed by atoms with Gasteiger partial charge in [-0.05, 0) is 38.3 Å². The minimum atomic E-state index is -0.570. The van der Waals surface area contributed by atoms with Gasteiger partial charge in [0.25, 0.3) is 5.91 Å². The molecule has 0 saturated carbocycles. The molecule has 3 rings (SSSR count). The van der Waals surface area contributed by atoms with Gasteiger partial charge < -0.3 is 20.1 Å². The summed E-state index contributed by atoms with van der Waals surface area (Å²) in [5.74, 6) is 1.33. The number of ether oxygens (including phenoxy) is 2. The van der Waals surface area contributed by atoms with Gasteiger partial charge in [-0.1, -0.05) is 12.1 Å². The lowest BCUT2D eigenvalue weighted by molar-refractivity contribution is -0.145. The van der Waals surface area contributed by atoms with Crippen molar-refractivity contribution in [1.29, 1.82) is 0 Å². The molecule has 0 radical (unpaired) electrons. The van der Waals surface area contributed by atoms with Gasteiger partial charge in [0.15, 0.2) is 11.5 Å². The van der Waals surface area contributed by atoms with E-state index >= 15 is 0 Å². The van der Waals surface area contributed by atoms with Crippen LogP contribution in [-0.4, -0.2) is 42.1 Å². The molecule has 0 spiro atoms. The minimum absolute atomic E-state index is 0. The third kappa shape index (κ3) is 3.31. The maximum absolute atomic E-state index is 12.7. The number of fused-ring (bicyclic) bond motifs is 1. The van der Waals surface area contributed by atoms with Crippen molar-refractivity contribution >= 4 is 18.3 Å². The Labute approximate surface area is 137 Å². The van der Waals surface area contributed by atoms with Crippen molar-refractivity contribution in [2.45, 2.75) is 44.4 Å². The predicted octanol–water partition coefficient (Wildman–Crippen LogP) is 1.98. The molecule has 1 saturated heterocycles. The van der Waals surface area contributed by atoms with Gasteiger partial charge in [0, 0.05) is 18.6 Å². The number of para-hydroxylation sites is 2. The van der Waals surface area contributed by atoms with Crippen LogP contribution in [-0.2, 0) is 4.79 Å². The lowest BCUT2D eigenvalue weighted by Crippen LogP contribution is -2.56. The van der Waals surface area contributed by atoms with Gasteiger partial charge in [-0.25, -0.2) is 0 Å². The average molecular weight is 327 g/mol. The quantitative estimate of drug-likeness (QED) is 0.902. The molecule has 22 heavy (non-hydrogen) atoms. The van der Waals surface area contributed by atoms with E-state index in [9.17, 15) is 4.79 Å². The minimum Gasteiger partial charge on any atom is -0.485 e. The normalized spacial score (nSPS) is 25.1. The predicted molar refractivity (Wildman–Crippen MR) is 86.6 cm³/mol. The number of carbonyl (C=O) groups excluding carboxylic acids is 1. The monoisotopic (exact) mass is 326 g/mol. The number of hydrogen-bond donors (Lipinski definition) is 1. The number of hydrogen-bond acceptors (Lipinski definition) is 4. The second-order valence-electron chi connectivity index (χ2n) is 5.82. The van der Waals surface area contributed by atoms with E-state index in [0.29, 0.717) is 11.5 Å². The Kier molecular flexibility index (Phi) is 5.53. The number of rotatable bonds is 2. The Hall–Kier alpha value is -1.46. The Morgan fingerprint density at radius 2 is 2.05 bits per heavy atom. The summed E-state index contributed by atoms with van der Waals surface area (Å²) >= 11 is 0. The molecule has 2 aliphatic rings. The van der Waals surface area contributed by atoms with Gasteiger partial charge in [-0.15, -0.1) is 12.4 Å². The van der Waals surface area contributed by atoms with Crippen LogP contribution >= 0.6 is 12.4 Å². The Morgan fingerprint density at radius 1 is 1.32 bits per heavy atom. The number of carbonyl (C=O) groups is 1. The summed E-state index contributed by atoms with van der Waals surface area (Å²) in [6.45, 7) is 2.98. The van der Waals surface area contributed by atoms with Crippen LogP contribution in [0.25, 0.3) is 0 Å². The van der Waals surface area contributed by atoms with E-state index < -0.39 is 6.10 Å². The molecule has 0 aromatic heterocycles. The lowest BCUT2D eigenvalue weighted by atomic mass is 9.96. The molecule has 2 aliphatic heterocycles. The zero-order chi connectivity index (χ0) is 14.8. The molecule has 1 aromatic rings. The van der Waals surface area contributed by atoms with E-state index in [-0.39, 0.29) is 37.0 Å². The average Bonchev–Trinajstić information content (AvgIpc) is 2.53. The van der Waals surface area contributed by atoms with Crippen LogP contribution in [0.4, 0.5) is 0 Å². The molecule has 2 heterocycles. The maximum atomic E-state index is 12.7. The molecule has 3 atom stereocenters. The van der Waals surface area contributed by atoms with Crippen molar-refractivity contribution in [1.82, 2.24) is 4.90 Å². The van der Waals surface area contributed by atoms with E-state index in [1.165, 1.54) is 0 Å². The van der Waals surface area contributed by atoms with Gasteiger partial charge in [0.2, 0.25) is 6.10 Å². The Balaban J connectivity index is 0.00000176. The van der Waals surface area contributed by atoms with Gasteiger partial charge >= 0.3 is 0 Å². The van der Waals surface area contributed by atoms with E-state index in [1.54, 1.807) is 0 Å². The summed E-state index contributed by atoms with van der Waals surface area (Å²) in [7, 11) is 0. The van der Waals surface area contributed by atoms with E-state index in [0.717, 1.165) is 25.8 Å². The highest BCUT2D eigenvalue weighted by molar-refractivity contribution is 5.85. The summed E-state index contributed by atoms with van der Waals surface area (Å²) in [6.07, 6.45) is 2.55. The van der Waals surface area contributed by atoms with Gasteiger partial charge in [-0.3, -0.25) is 4.79 Å². The Bertz CT molecular complexity index is 524. The van der Waals surface area contributed by atoms with Crippen molar-refractivity contribution in [2.75, 3.05) is 13.2 Å². The second-order valence-corrected chi connectivity index (χ2v) is 5.82. The molecule has 0 aliphatic carbocycles. The van der Waals surface area contributed by atoms with Crippen LogP contribution in [0.5, 0.6) is 11.5 Å². The molecular formula is C16H23ClN2O3. The smallest absolute Gasteiger partial charge is 0.267 e. The number of piperidine rings is 1. The van der Waals surface area contributed by atoms with Crippen LogP contribution in [0.1, 0.15) is 26.2 Å². The number of benzene rings is 1. The molecule has 122 valence electrons. The van der Waals surface area contributed by atoms with Crippen LogP contribution in [0.3, 0.4) is 0 Å². The first-order chi connectivity index (χ1) is 10.2. The van der Waals surface area contributed by atoms with Crippen molar-refractivity contribution in [3.05, 3.63) is 24.3 Å². The summed E-state index contributed by atoms with van der Waals surface area (Å²) in [5, 5.41) is 0. The standard InChI is InChI=1S/C16H22N2O3.ClH/c1-11(17)12-6-4-5-9-18(12)16(19)15-10-20-13-7-2-3-8-14(13)21-15;/h2-3,7-8,11-12,15H,4-6,9-10,17H2,1H3;1H. The fourth-order valence-corrected chi connectivity index (χ4v) is 3.10. The third-order valence-electron chi connectivity index (χ3n) is 4.22. The van der Waals surface area contributed by atoms with E-state index in [4.69, 9.17) is 15.2 Å². The van der Waals surface area contributed by atoms with Gasteiger partial charge in [0.05, 0.1) is 0 Å². The number of nitrogens with two attached hydrogens (primary N) is 1. The first-order valence-electron chi connectivity index (χ1n) is 7.61. The number of likely N-dealkylation sites (tertiary alicyclic amines) is 1. The van der Waals surface area contributed by atoms with Crippen molar-refractivity contribution in [3.8, 4) is 11.5 Å². The highest BCUT2D eigenvalue weighted by Gasteiger charge is 2.36. The van der Waals surface area contributed by atoms with E-state index in [2.05, 4.69) is 0 Å². The van der Waals surface area contributed by atoms with Crippen LogP contribution in [0, 0.1) is 0 Å². The molecule has 0 bridgehead atoms. The van der Waals surface area contributed by atoms with Crippen LogP contribution < -0.4 is 15.2 Å². The summed E-state index contributed by atoms with van der Waals surface area (Å²) < 4.78 is 11.5. The Morgan fingerprint density at radius 3 is 2.77 bits per heavy atom. The maximum Gasteiger partial charge on any atom is 0.267 e. The second kappa shape index (κ2) is 7.20. The SMILES string of the molecule is CC(N)C1CCCCN1C(=O)C1COc2ccccc2O1.Cl. The number of amides is 1. The van der Waals surface area contributed by atoms with Crippen molar-refractivity contribution in [3.63, 3.8) is 0 Å². The van der Waals surface area contributed by atoms with Gasteiger partial charge in [-0.2, -0.15) is 0 Å². The van der Waals surface area contributed by atoms with Crippen LogP contribution in [0.2, 0.25) is 0 Å². The molecule has 1 fully saturated rings. The molecular weight excluding hydrogens is 304 g/mol. The zero-order valence-corrected chi connectivity index (χ0v) is 13.6. The summed E-state index contributed by atoms with van der Waals surface area (Å²) in [4.78, 5) is 14.6. The molecule has 2 N–H and O–H groups in total. The fraction of sp³-hybridized carbons (Fsp3) is 0.562. The zero-order valence-electron chi connectivity index (χ0n) is 12.7. The third-order valence-corrected chi connectivity index (χ3v) is 4.22. The number of halogens is 1. The van der Waals surface area contributed by atoms with E-state index in [1.807, 2.05) is 36.1 Å². The molecule has 1 amide bonds. The van der Waals surface area contributed by atoms with Gasteiger partial charge in [0.1, 0.15) is 6.61 Å². The van der Waals surface area contributed by atoms with Crippen molar-refractivity contribution < 1.29 is 14.3 Å². The summed E-state index contributed by atoms with van der Waals surface area (Å²) in [5.41, 5.74) is 6.04. The molecule has 1 aromatic carbocycles. The summed E-state index contributed by atoms with van der Waals surface area (Å²) in [6, 6.07) is 7.52. The molecule has 3 unspecified atom stereocenters. The highest BCUT2D eigenvalue weighted by Crippen LogP contribution is 2.32. The molecule has 5 nitrogen and oxygen atoms in total. The van der Waals surface area contributed by atoms with Crippen LogP contribution in [0.15, 0.2) is 24.3 Å². The number of nitrogens with zero attached hydrogens (tertiary/aromatic N) is 1. The first kappa shape index (κ1) is 16.9. The molecule has 6 heteroatoms. The highest BCUT2D eigenvalue weighted by atomic mass is 35.5. The lowest BCUT2D eigenvalue weighted by Gasteiger charge is -2.40. The topological polar surface area (TPSA) is 64.8 Å². The largest absolute Gasteiger partial charge is 0.485 e. The fourth-order valence-electron chi connectivity index (χ4n) is 3.10.